The summed E-state index contributed by atoms with van der Waals surface area (Å²) in [6, 6.07) is 8.13. The first-order chi connectivity index (χ1) is 14.0. The highest BCUT2D eigenvalue weighted by Gasteiger charge is 2.23. The van der Waals surface area contributed by atoms with E-state index in [0.29, 0.717) is 18.7 Å². The van der Waals surface area contributed by atoms with Crippen molar-refractivity contribution in [1.29, 1.82) is 0 Å². The number of rotatable bonds is 10. The van der Waals surface area contributed by atoms with Crippen molar-refractivity contribution < 1.29 is 14.3 Å². The zero-order valence-electron chi connectivity index (χ0n) is 18.4. The fraction of sp³-hybridized carbons (Fsp3) is 0.478. The Morgan fingerprint density at radius 2 is 2.00 bits per heavy atom. The molecule has 0 unspecified atom stereocenters. The second-order valence-corrected chi connectivity index (χ2v) is 7.16. The van der Waals surface area contributed by atoms with E-state index in [2.05, 4.69) is 36.3 Å². The molecule has 2 rings (SSSR count). The first-order valence-corrected chi connectivity index (χ1v) is 10.2. The number of nitrogens with zero attached hydrogens (tertiary/aromatic N) is 3. The molecular formula is C23H33N3O3. The Bertz CT molecular complexity index is 881. The molecule has 158 valence electrons. The summed E-state index contributed by atoms with van der Waals surface area (Å²) in [5.41, 5.74) is 3.58. The van der Waals surface area contributed by atoms with Crippen LogP contribution in [-0.2, 0) is 20.8 Å². The van der Waals surface area contributed by atoms with Gasteiger partial charge in [-0.25, -0.2) is 9.78 Å². The van der Waals surface area contributed by atoms with Crippen LogP contribution in [0.1, 0.15) is 34.1 Å². The SMILES string of the molecule is C/C=C(\C=C(/C(C)C)N(CCC)c1nc2ccccc2n1CCOC)C(=O)OC. The highest BCUT2D eigenvalue weighted by Crippen LogP contribution is 2.29. The van der Waals surface area contributed by atoms with Gasteiger partial charge < -0.3 is 18.9 Å². The number of aromatic nitrogens is 2. The van der Waals surface area contributed by atoms with Crippen LogP contribution in [-0.4, -0.2) is 42.9 Å². The van der Waals surface area contributed by atoms with Gasteiger partial charge in [-0.1, -0.05) is 39.0 Å². The average molecular weight is 400 g/mol. The Kier molecular flexibility index (Phi) is 8.46. The molecule has 6 nitrogen and oxygen atoms in total. The van der Waals surface area contributed by atoms with Crippen molar-refractivity contribution in [3.05, 3.63) is 47.7 Å². The monoisotopic (exact) mass is 399 g/mol. The van der Waals surface area contributed by atoms with Gasteiger partial charge in [0.15, 0.2) is 0 Å². The lowest BCUT2D eigenvalue weighted by atomic mass is 10.1. The standard InChI is InChI=1S/C23H33N3O3/c1-7-13-25(21(17(3)4)16-18(8-2)22(27)29-6)23-24-19-11-9-10-12-20(19)26(23)14-15-28-5/h8-12,16-17H,7,13-15H2,1-6H3/b18-8+,21-16+. The minimum Gasteiger partial charge on any atom is -0.465 e. The summed E-state index contributed by atoms with van der Waals surface area (Å²) in [7, 11) is 3.11. The second kappa shape index (κ2) is 10.8. The maximum absolute atomic E-state index is 12.2. The molecule has 0 spiro atoms. The normalized spacial score (nSPS) is 12.7. The quantitative estimate of drug-likeness (QED) is 0.333. The predicted octanol–water partition coefficient (Wildman–Crippen LogP) is 4.56. The molecule has 0 aliphatic rings. The third-order valence-electron chi connectivity index (χ3n) is 4.78. The third kappa shape index (κ3) is 5.26. The van der Waals surface area contributed by atoms with E-state index in [0.717, 1.165) is 35.6 Å². The summed E-state index contributed by atoms with van der Waals surface area (Å²) in [5, 5.41) is 0. The molecule has 0 bridgehead atoms. The summed E-state index contributed by atoms with van der Waals surface area (Å²) in [4.78, 5) is 19.3. The molecule has 0 saturated heterocycles. The Balaban J connectivity index is 2.65. The lowest BCUT2D eigenvalue weighted by Gasteiger charge is -2.29. The molecule has 1 heterocycles. The van der Waals surface area contributed by atoms with Crippen LogP contribution in [0, 0.1) is 5.92 Å². The maximum Gasteiger partial charge on any atom is 0.337 e. The number of anilines is 1. The lowest BCUT2D eigenvalue weighted by molar-refractivity contribution is -0.135. The molecule has 0 fully saturated rings. The van der Waals surface area contributed by atoms with Crippen LogP contribution in [0.2, 0.25) is 0 Å². The molecule has 1 aromatic carbocycles. The van der Waals surface area contributed by atoms with Crippen molar-refractivity contribution in [2.45, 2.75) is 40.7 Å². The molecule has 0 amide bonds. The van der Waals surface area contributed by atoms with Gasteiger partial charge in [0.25, 0.3) is 0 Å². The molecule has 0 atom stereocenters. The van der Waals surface area contributed by atoms with E-state index >= 15 is 0 Å². The number of imidazole rings is 1. The van der Waals surface area contributed by atoms with E-state index in [-0.39, 0.29) is 11.9 Å². The van der Waals surface area contributed by atoms with Crippen LogP contribution in [0.4, 0.5) is 5.95 Å². The number of carbonyl (C=O) groups excluding carboxylic acids is 1. The number of para-hydroxylation sites is 2. The van der Waals surface area contributed by atoms with E-state index in [1.165, 1.54) is 7.11 Å². The number of ether oxygens (including phenoxy) is 2. The molecular weight excluding hydrogens is 366 g/mol. The number of allylic oxidation sites excluding steroid dienone is 2. The van der Waals surface area contributed by atoms with Crippen LogP contribution in [0.25, 0.3) is 11.0 Å². The van der Waals surface area contributed by atoms with Crippen molar-refractivity contribution in [2.75, 3.05) is 32.3 Å². The van der Waals surface area contributed by atoms with Gasteiger partial charge in [0.2, 0.25) is 5.95 Å². The largest absolute Gasteiger partial charge is 0.465 e. The first kappa shape index (κ1) is 22.7. The fourth-order valence-corrected chi connectivity index (χ4v) is 3.33. The van der Waals surface area contributed by atoms with Crippen molar-refractivity contribution in [1.82, 2.24) is 9.55 Å². The average Bonchev–Trinajstić information content (AvgIpc) is 3.09. The smallest absolute Gasteiger partial charge is 0.337 e. The number of esters is 1. The number of carbonyl (C=O) groups is 1. The molecule has 2 aromatic rings. The zero-order valence-corrected chi connectivity index (χ0v) is 18.4. The van der Waals surface area contributed by atoms with E-state index in [1.807, 2.05) is 31.2 Å². The van der Waals surface area contributed by atoms with Gasteiger partial charge in [-0.3, -0.25) is 0 Å². The van der Waals surface area contributed by atoms with Gasteiger partial charge in [-0.2, -0.15) is 0 Å². The Hall–Kier alpha value is -2.60. The minimum atomic E-state index is -0.338. The summed E-state index contributed by atoms with van der Waals surface area (Å²) in [6.45, 7) is 10.3. The molecule has 0 aliphatic carbocycles. The fourth-order valence-electron chi connectivity index (χ4n) is 3.33. The molecule has 0 radical (unpaired) electrons. The van der Waals surface area contributed by atoms with Crippen LogP contribution >= 0.6 is 0 Å². The number of fused-ring (bicyclic) bond motifs is 1. The first-order valence-electron chi connectivity index (χ1n) is 10.2. The van der Waals surface area contributed by atoms with Gasteiger partial charge in [-0.15, -0.1) is 0 Å². The van der Waals surface area contributed by atoms with E-state index in [9.17, 15) is 4.79 Å². The van der Waals surface area contributed by atoms with Gasteiger partial charge >= 0.3 is 5.97 Å². The highest BCUT2D eigenvalue weighted by atomic mass is 16.5. The number of benzene rings is 1. The molecule has 0 aliphatic heterocycles. The Morgan fingerprint density at radius 1 is 1.28 bits per heavy atom. The lowest BCUT2D eigenvalue weighted by Crippen LogP contribution is -2.30. The molecule has 29 heavy (non-hydrogen) atoms. The number of methoxy groups -OCH3 is 2. The molecule has 6 heteroatoms. The van der Waals surface area contributed by atoms with Crippen molar-refractivity contribution in [3.63, 3.8) is 0 Å². The third-order valence-corrected chi connectivity index (χ3v) is 4.78. The summed E-state index contributed by atoms with van der Waals surface area (Å²) < 4.78 is 12.5. The van der Waals surface area contributed by atoms with Crippen molar-refractivity contribution >= 4 is 23.0 Å². The molecule has 1 aromatic heterocycles. The van der Waals surface area contributed by atoms with Gasteiger partial charge in [0, 0.05) is 25.9 Å². The number of hydrogen-bond donors (Lipinski definition) is 0. The maximum atomic E-state index is 12.2. The summed E-state index contributed by atoms with van der Waals surface area (Å²) >= 11 is 0. The highest BCUT2D eigenvalue weighted by molar-refractivity contribution is 5.91. The van der Waals surface area contributed by atoms with Gasteiger partial charge in [-0.05, 0) is 37.5 Å². The summed E-state index contributed by atoms with van der Waals surface area (Å²) in [6.07, 6.45) is 4.65. The van der Waals surface area contributed by atoms with Crippen LogP contribution in [0.15, 0.2) is 47.7 Å². The minimum absolute atomic E-state index is 0.192. The van der Waals surface area contributed by atoms with Crippen molar-refractivity contribution in [2.24, 2.45) is 5.92 Å². The molecule has 0 N–H and O–H groups in total. The van der Waals surface area contributed by atoms with E-state index in [4.69, 9.17) is 14.5 Å². The van der Waals surface area contributed by atoms with E-state index < -0.39 is 0 Å². The zero-order chi connectivity index (χ0) is 21.4. The van der Waals surface area contributed by atoms with Gasteiger partial charge in [0.1, 0.15) is 0 Å². The van der Waals surface area contributed by atoms with Crippen LogP contribution < -0.4 is 4.90 Å². The summed E-state index contributed by atoms with van der Waals surface area (Å²) in [5.74, 6) is 0.720. The predicted molar refractivity (Wildman–Crippen MR) is 118 cm³/mol. The Morgan fingerprint density at radius 3 is 2.59 bits per heavy atom. The Labute approximate surface area is 173 Å². The van der Waals surface area contributed by atoms with Gasteiger partial charge in [0.05, 0.1) is 30.3 Å². The topological polar surface area (TPSA) is 56.6 Å². The van der Waals surface area contributed by atoms with E-state index in [1.54, 1.807) is 13.2 Å². The number of hydrogen-bond acceptors (Lipinski definition) is 5. The van der Waals surface area contributed by atoms with Crippen LogP contribution in [0.3, 0.4) is 0 Å². The van der Waals surface area contributed by atoms with Crippen molar-refractivity contribution in [3.8, 4) is 0 Å². The second-order valence-electron chi connectivity index (χ2n) is 7.16. The van der Waals surface area contributed by atoms with Crippen LogP contribution in [0.5, 0.6) is 0 Å². The molecule has 0 saturated carbocycles.